The summed E-state index contributed by atoms with van der Waals surface area (Å²) < 4.78 is 4.33. The molecule has 146 valence electrons. The van der Waals surface area contributed by atoms with E-state index >= 15 is 0 Å². The van der Waals surface area contributed by atoms with Gasteiger partial charge in [0.15, 0.2) is 0 Å². The van der Waals surface area contributed by atoms with E-state index in [1.807, 2.05) is 36.4 Å². The third kappa shape index (κ3) is 21.6. The number of aliphatic hydroxyl groups excluding tert-OH is 1. The molecule has 26 heavy (non-hydrogen) atoms. The van der Waals surface area contributed by atoms with Gasteiger partial charge >= 0.3 is 5.97 Å². The van der Waals surface area contributed by atoms with E-state index < -0.39 is 5.97 Å². The van der Waals surface area contributed by atoms with Crippen LogP contribution < -0.4 is 5.32 Å². The van der Waals surface area contributed by atoms with Crippen molar-refractivity contribution in [2.75, 3.05) is 19.8 Å². The molecule has 1 amide bonds. The summed E-state index contributed by atoms with van der Waals surface area (Å²) in [5, 5.41) is 10.8. The number of hydrogen-bond acceptors (Lipinski definition) is 4. The summed E-state index contributed by atoms with van der Waals surface area (Å²) in [6.45, 7) is 14.1. The summed E-state index contributed by atoms with van der Waals surface area (Å²) in [5.74, 6) is 0.536. The van der Waals surface area contributed by atoms with Crippen molar-refractivity contribution in [1.82, 2.24) is 5.32 Å². The van der Waals surface area contributed by atoms with E-state index in [0.717, 1.165) is 31.4 Å². The van der Waals surface area contributed by atoms with Gasteiger partial charge in [0.2, 0.25) is 5.91 Å². The Balaban J connectivity index is 0. The summed E-state index contributed by atoms with van der Waals surface area (Å²) in [7, 11) is 0. The quantitative estimate of drug-likeness (QED) is 0.633. The van der Waals surface area contributed by atoms with Crippen LogP contribution in [0.25, 0.3) is 6.08 Å². The zero-order valence-electron chi connectivity index (χ0n) is 16.2. The van der Waals surface area contributed by atoms with Crippen molar-refractivity contribution < 1.29 is 19.4 Å². The number of aliphatic hydroxyl groups is 1. The molecule has 2 rings (SSSR count). The number of rotatable bonds is 4. The van der Waals surface area contributed by atoms with Gasteiger partial charge in [0.25, 0.3) is 0 Å². The molecule has 1 aromatic carbocycles. The fourth-order valence-electron chi connectivity index (χ4n) is 1.36. The number of ether oxygens (including phenoxy) is 1. The van der Waals surface area contributed by atoms with Gasteiger partial charge in [-0.05, 0) is 17.9 Å². The Morgan fingerprint density at radius 3 is 2.12 bits per heavy atom. The van der Waals surface area contributed by atoms with Crippen LogP contribution in [0, 0.1) is 5.92 Å². The molecule has 5 heteroatoms. The Hall–Kier alpha value is -2.40. The van der Waals surface area contributed by atoms with Crippen LogP contribution in [-0.2, 0) is 14.3 Å². The second kappa shape index (κ2) is 18.9. The normalized spacial score (nSPS) is 11.3. The highest BCUT2D eigenvalue weighted by Crippen LogP contribution is 1.97. The van der Waals surface area contributed by atoms with E-state index in [1.165, 1.54) is 5.56 Å². The number of benzene rings is 1. The number of esters is 1. The maximum absolute atomic E-state index is 10.1. The van der Waals surface area contributed by atoms with Gasteiger partial charge in [0, 0.05) is 19.0 Å². The molecule has 2 N–H and O–H groups in total. The molecule has 0 atom stereocenters. The molecule has 0 saturated carbocycles. The lowest BCUT2D eigenvalue weighted by molar-refractivity contribution is -0.138. The summed E-state index contributed by atoms with van der Waals surface area (Å²) in [6, 6.07) is 10.0. The maximum Gasteiger partial charge on any atom is 0.330 e. The van der Waals surface area contributed by atoms with Gasteiger partial charge in [-0.2, -0.15) is 0 Å². The van der Waals surface area contributed by atoms with E-state index in [0.29, 0.717) is 0 Å². The van der Waals surface area contributed by atoms with E-state index in [-0.39, 0.29) is 19.1 Å². The smallest absolute Gasteiger partial charge is 0.330 e. The minimum atomic E-state index is -0.501. The zero-order chi connectivity index (χ0) is 20.2. The lowest BCUT2D eigenvalue weighted by atomic mass is 10.2. The monoisotopic (exact) mass is 363 g/mol. The maximum atomic E-state index is 10.1. The van der Waals surface area contributed by atoms with E-state index in [2.05, 4.69) is 44.0 Å². The van der Waals surface area contributed by atoms with E-state index in [9.17, 15) is 9.59 Å². The van der Waals surface area contributed by atoms with Crippen molar-refractivity contribution in [3.63, 3.8) is 0 Å². The van der Waals surface area contributed by atoms with E-state index in [1.54, 1.807) is 0 Å². The topological polar surface area (TPSA) is 75.6 Å². The molecule has 5 nitrogen and oxygen atoms in total. The fraction of sp³-hybridized carbons (Fsp3) is 0.429. The molecule has 0 aromatic heterocycles. The number of nitrogens with one attached hydrogen (secondary N) is 1. The Kier molecular flexibility index (Phi) is 18.8. The first kappa shape index (κ1) is 25.8. The zero-order valence-corrected chi connectivity index (χ0v) is 16.2. The lowest BCUT2D eigenvalue weighted by Gasteiger charge is -1.94. The van der Waals surface area contributed by atoms with Gasteiger partial charge in [-0.15, -0.1) is 0 Å². The van der Waals surface area contributed by atoms with Crippen LogP contribution in [0.4, 0.5) is 0 Å². The molecule has 1 saturated heterocycles. The van der Waals surface area contributed by atoms with E-state index in [4.69, 9.17) is 5.11 Å². The predicted molar refractivity (Wildman–Crippen MR) is 108 cm³/mol. The molecule has 1 fully saturated rings. The summed E-state index contributed by atoms with van der Waals surface area (Å²) in [5.41, 5.74) is 1.17. The summed E-state index contributed by atoms with van der Waals surface area (Å²) >= 11 is 0. The molecule has 1 aliphatic rings. The van der Waals surface area contributed by atoms with Gasteiger partial charge in [-0.25, -0.2) is 4.79 Å². The van der Waals surface area contributed by atoms with Crippen LogP contribution >= 0.6 is 0 Å². The summed E-state index contributed by atoms with van der Waals surface area (Å²) in [4.78, 5) is 20.3. The van der Waals surface area contributed by atoms with Crippen LogP contribution in [0.15, 0.2) is 49.6 Å². The molecule has 1 aliphatic heterocycles. The average Bonchev–Trinajstić information content (AvgIpc) is 3.12. The highest BCUT2D eigenvalue weighted by Gasteiger charge is 2.05. The SMILES string of the molecule is C=CC(=O)OCCO.C=Cc1ccccc1.CC(C)C.O=C1CCCN1. The Bertz CT molecular complexity index is 487. The van der Waals surface area contributed by atoms with Gasteiger partial charge in [0.1, 0.15) is 6.61 Å². The van der Waals surface area contributed by atoms with Crippen LogP contribution in [-0.4, -0.2) is 36.7 Å². The fourth-order valence-corrected chi connectivity index (χ4v) is 1.36. The predicted octanol–water partition coefficient (Wildman–Crippen LogP) is 3.60. The van der Waals surface area contributed by atoms with Crippen LogP contribution in [0.2, 0.25) is 0 Å². The largest absolute Gasteiger partial charge is 0.460 e. The van der Waals surface area contributed by atoms with Crippen LogP contribution in [0.3, 0.4) is 0 Å². The Labute approximate surface area is 157 Å². The molecule has 0 radical (unpaired) electrons. The van der Waals surface area contributed by atoms with Crippen molar-refractivity contribution in [1.29, 1.82) is 0 Å². The minimum absolute atomic E-state index is 0.0465. The van der Waals surface area contributed by atoms with Gasteiger partial charge < -0.3 is 15.2 Å². The molecule has 0 spiro atoms. The van der Waals surface area contributed by atoms with Gasteiger partial charge in [-0.3, -0.25) is 4.79 Å². The van der Waals surface area contributed by atoms with Crippen molar-refractivity contribution in [3.05, 3.63) is 55.1 Å². The van der Waals surface area contributed by atoms with Crippen molar-refractivity contribution in [2.24, 2.45) is 5.92 Å². The highest BCUT2D eigenvalue weighted by molar-refractivity contribution is 5.81. The molecule has 0 bridgehead atoms. The number of carbonyl (C=O) groups is 2. The minimum Gasteiger partial charge on any atom is -0.460 e. The molecular formula is C21H33NO4. The second-order valence-corrected chi connectivity index (χ2v) is 5.90. The van der Waals surface area contributed by atoms with Crippen LogP contribution in [0.5, 0.6) is 0 Å². The molecule has 0 aliphatic carbocycles. The molecular weight excluding hydrogens is 330 g/mol. The second-order valence-electron chi connectivity index (χ2n) is 5.90. The Morgan fingerprint density at radius 2 is 1.85 bits per heavy atom. The van der Waals surface area contributed by atoms with Crippen molar-refractivity contribution in [2.45, 2.75) is 33.6 Å². The first-order chi connectivity index (χ1) is 12.4. The first-order valence-corrected chi connectivity index (χ1v) is 8.71. The third-order valence-corrected chi connectivity index (χ3v) is 2.44. The molecule has 0 unspecified atom stereocenters. The van der Waals surface area contributed by atoms with Crippen LogP contribution in [0.1, 0.15) is 39.2 Å². The lowest BCUT2D eigenvalue weighted by Crippen LogP contribution is -2.12. The number of amides is 1. The molecule has 1 heterocycles. The molecule has 1 aromatic rings. The highest BCUT2D eigenvalue weighted by atomic mass is 16.5. The van der Waals surface area contributed by atoms with Gasteiger partial charge in [0.05, 0.1) is 6.61 Å². The first-order valence-electron chi connectivity index (χ1n) is 8.71. The summed E-state index contributed by atoms with van der Waals surface area (Å²) in [6.07, 6.45) is 4.65. The van der Waals surface area contributed by atoms with Crippen molar-refractivity contribution >= 4 is 18.0 Å². The number of hydrogen-bond donors (Lipinski definition) is 2. The average molecular weight is 363 g/mol. The van der Waals surface area contributed by atoms with Gasteiger partial charge in [-0.1, -0.05) is 70.3 Å². The van der Waals surface area contributed by atoms with Crippen molar-refractivity contribution in [3.8, 4) is 0 Å². The Morgan fingerprint density at radius 1 is 1.27 bits per heavy atom. The number of carbonyl (C=O) groups excluding carboxylic acids is 2. The third-order valence-electron chi connectivity index (χ3n) is 2.44. The standard InChI is InChI=1S/C8H8.C5H8O3.C4H7NO.C4H10/c1-2-8-6-4-3-5-7-8;1-2-5(7)8-4-3-6;6-4-2-1-3-5-4;1-4(2)3/h2-7H,1H2;2,6H,1,3-4H2;1-3H2,(H,5,6);4H,1-3H3.